The molecule has 0 bridgehead atoms. The molecule has 2 unspecified atom stereocenters. The van der Waals surface area contributed by atoms with Crippen LogP contribution >= 0.6 is 23.2 Å². The minimum atomic E-state index is -0.736. The maximum atomic E-state index is 10.2. The van der Waals surface area contributed by atoms with Crippen LogP contribution in [0, 0.1) is 0 Å². The molecule has 0 rings (SSSR count). The smallest absolute Gasteiger partial charge is 0.303 e. The lowest BCUT2D eigenvalue weighted by molar-refractivity contribution is -0.137. The lowest BCUT2D eigenvalue weighted by Gasteiger charge is -2.11. The summed E-state index contributed by atoms with van der Waals surface area (Å²) in [6, 6.07) is 0. The van der Waals surface area contributed by atoms with Gasteiger partial charge in [-0.05, 0) is 25.7 Å². The number of unbranched alkanes of at least 4 members (excludes halogenated alkanes) is 1. The monoisotopic (exact) mass is 240 g/mol. The lowest BCUT2D eigenvalue weighted by Crippen LogP contribution is -2.07. The van der Waals surface area contributed by atoms with Crippen molar-refractivity contribution in [1.82, 2.24) is 0 Å². The summed E-state index contributed by atoms with van der Waals surface area (Å²) in [5.74, 6) is -0.736. The molecule has 0 saturated carbocycles. The molecule has 0 aromatic rings. The van der Waals surface area contributed by atoms with E-state index in [2.05, 4.69) is 0 Å². The van der Waals surface area contributed by atoms with E-state index in [1.165, 1.54) is 0 Å². The third kappa shape index (κ3) is 8.64. The third-order valence-corrected chi connectivity index (χ3v) is 3.00. The number of rotatable bonds is 8. The highest BCUT2D eigenvalue weighted by molar-refractivity contribution is 6.23. The van der Waals surface area contributed by atoms with Gasteiger partial charge in [-0.2, -0.15) is 0 Å². The third-order valence-electron chi connectivity index (χ3n) is 2.11. The Kier molecular flexibility index (Phi) is 8.40. The molecule has 0 heterocycles. The zero-order valence-electron chi connectivity index (χ0n) is 8.51. The summed E-state index contributed by atoms with van der Waals surface area (Å²) in [5.41, 5.74) is 0. The van der Waals surface area contributed by atoms with Crippen molar-refractivity contribution in [2.24, 2.45) is 0 Å². The predicted octanol–water partition coefficient (Wildman–Crippen LogP) is 3.65. The molecule has 14 heavy (non-hydrogen) atoms. The number of hydrogen-bond acceptors (Lipinski definition) is 1. The molecule has 1 N–H and O–H groups in total. The zero-order chi connectivity index (χ0) is 11.0. The van der Waals surface area contributed by atoms with Crippen molar-refractivity contribution in [3.8, 4) is 0 Å². The van der Waals surface area contributed by atoms with Gasteiger partial charge < -0.3 is 5.11 Å². The molecule has 0 amide bonds. The molecule has 0 aliphatic rings. The highest BCUT2D eigenvalue weighted by Crippen LogP contribution is 2.18. The van der Waals surface area contributed by atoms with E-state index in [9.17, 15) is 4.79 Å². The zero-order valence-corrected chi connectivity index (χ0v) is 10.0. The maximum Gasteiger partial charge on any atom is 0.303 e. The van der Waals surface area contributed by atoms with Gasteiger partial charge in [-0.15, -0.1) is 23.2 Å². The highest BCUT2D eigenvalue weighted by Gasteiger charge is 2.10. The molecule has 0 fully saturated rings. The van der Waals surface area contributed by atoms with E-state index in [-0.39, 0.29) is 17.2 Å². The first-order valence-electron chi connectivity index (χ1n) is 5.06. The molecule has 0 saturated heterocycles. The molecule has 0 aliphatic carbocycles. The van der Waals surface area contributed by atoms with E-state index in [4.69, 9.17) is 28.3 Å². The maximum absolute atomic E-state index is 10.2. The second kappa shape index (κ2) is 8.37. The van der Waals surface area contributed by atoms with Crippen LogP contribution in [0.4, 0.5) is 0 Å². The van der Waals surface area contributed by atoms with E-state index >= 15 is 0 Å². The number of aliphatic carboxylic acids is 1. The Morgan fingerprint density at radius 1 is 1.29 bits per heavy atom. The van der Waals surface area contributed by atoms with Crippen LogP contribution < -0.4 is 0 Å². The van der Waals surface area contributed by atoms with Gasteiger partial charge in [0.2, 0.25) is 0 Å². The van der Waals surface area contributed by atoms with Gasteiger partial charge in [-0.1, -0.05) is 13.3 Å². The molecule has 0 aromatic carbocycles. The average molecular weight is 241 g/mol. The summed E-state index contributed by atoms with van der Waals surface area (Å²) in [5, 5.41) is 8.65. The number of hydrogen-bond donors (Lipinski definition) is 1. The topological polar surface area (TPSA) is 37.3 Å². The summed E-state index contributed by atoms with van der Waals surface area (Å²) in [7, 11) is 0. The minimum absolute atomic E-state index is 0.0891. The van der Waals surface area contributed by atoms with Crippen molar-refractivity contribution in [3.05, 3.63) is 0 Å². The molecule has 0 radical (unpaired) electrons. The molecular formula is C10H18Cl2O2. The SMILES string of the molecule is CCC(Cl)CC(Cl)CCCCC(=O)O. The van der Waals surface area contributed by atoms with Crippen LogP contribution in [-0.2, 0) is 4.79 Å². The van der Waals surface area contributed by atoms with E-state index in [0.717, 1.165) is 25.7 Å². The Labute approximate surface area is 95.6 Å². The largest absolute Gasteiger partial charge is 0.481 e. The molecule has 0 spiro atoms. The fourth-order valence-electron chi connectivity index (χ4n) is 1.20. The Morgan fingerprint density at radius 3 is 2.43 bits per heavy atom. The van der Waals surface area contributed by atoms with Crippen molar-refractivity contribution < 1.29 is 9.90 Å². The van der Waals surface area contributed by atoms with E-state index in [1.54, 1.807) is 0 Å². The van der Waals surface area contributed by atoms with Gasteiger partial charge in [0.25, 0.3) is 0 Å². The molecular weight excluding hydrogens is 223 g/mol. The van der Waals surface area contributed by atoms with E-state index in [1.807, 2.05) is 6.92 Å². The number of carbonyl (C=O) groups is 1. The van der Waals surface area contributed by atoms with Gasteiger partial charge in [-0.25, -0.2) is 0 Å². The fourth-order valence-corrected chi connectivity index (χ4v) is 1.88. The van der Waals surface area contributed by atoms with Crippen molar-refractivity contribution in [3.63, 3.8) is 0 Å². The van der Waals surface area contributed by atoms with Crippen LogP contribution in [0.15, 0.2) is 0 Å². The molecule has 84 valence electrons. The van der Waals surface area contributed by atoms with Gasteiger partial charge in [0, 0.05) is 17.2 Å². The Hall–Kier alpha value is 0.0500. The molecule has 2 atom stereocenters. The van der Waals surface area contributed by atoms with Crippen LogP contribution in [0.2, 0.25) is 0 Å². The first kappa shape index (κ1) is 14.1. The second-order valence-electron chi connectivity index (χ2n) is 3.48. The Morgan fingerprint density at radius 2 is 1.93 bits per heavy atom. The van der Waals surface area contributed by atoms with Crippen LogP contribution in [0.3, 0.4) is 0 Å². The van der Waals surface area contributed by atoms with Crippen LogP contribution in [-0.4, -0.2) is 21.8 Å². The van der Waals surface area contributed by atoms with Crippen molar-refractivity contribution in [2.75, 3.05) is 0 Å². The van der Waals surface area contributed by atoms with Gasteiger partial charge in [0.1, 0.15) is 0 Å². The summed E-state index contributed by atoms with van der Waals surface area (Å²) in [6.45, 7) is 2.03. The summed E-state index contributed by atoms with van der Waals surface area (Å²) < 4.78 is 0. The number of carboxylic acids is 1. The van der Waals surface area contributed by atoms with Crippen LogP contribution in [0.5, 0.6) is 0 Å². The van der Waals surface area contributed by atoms with Crippen molar-refractivity contribution in [2.45, 2.75) is 56.2 Å². The summed E-state index contributed by atoms with van der Waals surface area (Å²) in [4.78, 5) is 10.2. The highest BCUT2D eigenvalue weighted by atomic mass is 35.5. The molecule has 0 aliphatic heterocycles. The number of carboxylic acid groups (broad SMARTS) is 1. The summed E-state index contributed by atoms with van der Waals surface area (Å²) >= 11 is 12.0. The quantitative estimate of drug-likeness (QED) is 0.520. The fraction of sp³-hybridized carbons (Fsp3) is 0.900. The Bertz CT molecular complexity index is 162. The lowest BCUT2D eigenvalue weighted by atomic mass is 10.1. The first-order chi connectivity index (χ1) is 6.56. The predicted molar refractivity (Wildman–Crippen MR) is 60.3 cm³/mol. The first-order valence-corrected chi connectivity index (χ1v) is 5.93. The van der Waals surface area contributed by atoms with Gasteiger partial charge in [0.05, 0.1) is 0 Å². The molecule has 0 aromatic heterocycles. The van der Waals surface area contributed by atoms with Gasteiger partial charge in [-0.3, -0.25) is 4.79 Å². The minimum Gasteiger partial charge on any atom is -0.481 e. The normalized spacial score (nSPS) is 15.1. The number of alkyl halides is 2. The molecule has 2 nitrogen and oxygen atoms in total. The van der Waals surface area contributed by atoms with E-state index in [0.29, 0.717) is 6.42 Å². The number of halogens is 2. The van der Waals surface area contributed by atoms with Crippen LogP contribution in [0.25, 0.3) is 0 Å². The van der Waals surface area contributed by atoms with Gasteiger partial charge >= 0.3 is 5.97 Å². The van der Waals surface area contributed by atoms with E-state index < -0.39 is 5.97 Å². The average Bonchev–Trinajstić information content (AvgIpc) is 2.12. The Balaban J connectivity index is 3.35. The second-order valence-corrected chi connectivity index (χ2v) is 4.71. The van der Waals surface area contributed by atoms with Crippen LogP contribution in [0.1, 0.15) is 45.4 Å². The standard InChI is InChI=1S/C10H18Cl2O2/c1-2-8(11)7-9(12)5-3-4-6-10(13)14/h8-9H,2-7H2,1H3,(H,13,14). The van der Waals surface area contributed by atoms with Crippen molar-refractivity contribution >= 4 is 29.2 Å². The van der Waals surface area contributed by atoms with Crippen molar-refractivity contribution in [1.29, 1.82) is 0 Å². The van der Waals surface area contributed by atoms with Gasteiger partial charge in [0.15, 0.2) is 0 Å². The summed E-state index contributed by atoms with van der Waals surface area (Å²) in [6.07, 6.45) is 4.41. The molecule has 4 heteroatoms.